The second-order valence-corrected chi connectivity index (χ2v) is 25.6. The van der Waals surface area contributed by atoms with Gasteiger partial charge in [0.05, 0.1) is 95.5 Å². The number of aromatic nitrogens is 2. The molecule has 5 N–H and O–H groups in total. The molecular formula is C67H69Cl2F2N7O8. The first-order chi connectivity index (χ1) is 41.3. The number of aliphatic hydroxyl groups is 4. The van der Waals surface area contributed by atoms with Gasteiger partial charge in [-0.2, -0.15) is 10.5 Å². The standard InChI is InChI=1S/C34H35ClFN3O4.C33H34ClFN4O4/c1-32(42,23-5-3-2-4-6-23)25-15-28-30(29(36)16-25)34(24-8-10-26(35)11-9-24,43-21-33(20-40)13-14-33)39(31(28)41)19-27-12-7-22(17-37)18-38-27;1-31(42,22-8-12-37-13-9-22)24-14-27-29(28(35)15-24)33(23-3-5-25(34)6-4-23,43-20-32(19-40)10-11-32)39(30(27)41)18-26-7-2-21(16-36)17-38-26/h7-12,15-16,18,23,40,42H,2-6,13-14,19-21H2,1H3;2-7,14-15,17,22,37,40,42H,8-13,18-20H2,1H3/t32?,34-;31?,33-/m11/s1. The number of nitriles is 2. The Balaban J connectivity index is 0.000000179. The molecule has 5 heterocycles. The number of fused-ring (bicyclic) bond motifs is 2. The molecular weight excluding hydrogens is 1140 g/mol. The maximum absolute atomic E-state index is 16.7. The summed E-state index contributed by atoms with van der Waals surface area (Å²) in [7, 11) is 0. The van der Waals surface area contributed by atoms with Gasteiger partial charge in [-0.1, -0.05) is 66.7 Å². The van der Waals surface area contributed by atoms with Gasteiger partial charge in [0.15, 0.2) is 11.4 Å². The summed E-state index contributed by atoms with van der Waals surface area (Å²) in [6.45, 7) is 4.80. The quantitative estimate of drug-likeness (QED) is 0.0541. The molecule has 2 unspecified atom stereocenters. The number of carbonyl (C=O) groups is 2. The summed E-state index contributed by atoms with van der Waals surface area (Å²) in [6, 6.07) is 30.0. The van der Waals surface area contributed by atoms with Crippen molar-refractivity contribution >= 4 is 35.0 Å². The summed E-state index contributed by atoms with van der Waals surface area (Å²) in [5.41, 5.74) is -3.32. The summed E-state index contributed by atoms with van der Waals surface area (Å²) < 4.78 is 46.8. The number of ether oxygens (including phenoxy) is 2. The number of rotatable bonds is 18. The molecule has 4 fully saturated rings. The number of carbonyl (C=O) groups excluding carboxylic acids is 2. The summed E-state index contributed by atoms with van der Waals surface area (Å²) in [6.07, 6.45) is 12.1. The maximum Gasteiger partial charge on any atom is 0.257 e. The van der Waals surface area contributed by atoms with Crippen LogP contribution in [-0.2, 0) is 45.2 Å². The third-order valence-corrected chi connectivity index (χ3v) is 19.6. The van der Waals surface area contributed by atoms with Gasteiger partial charge in [-0.25, -0.2) is 8.78 Å². The van der Waals surface area contributed by atoms with Crippen LogP contribution in [0.5, 0.6) is 0 Å². The summed E-state index contributed by atoms with van der Waals surface area (Å²) >= 11 is 12.5. The zero-order valence-electron chi connectivity index (χ0n) is 48.1. The zero-order valence-corrected chi connectivity index (χ0v) is 49.6. The van der Waals surface area contributed by atoms with E-state index in [1.807, 2.05) is 12.1 Å². The first kappa shape index (κ1) is 60.9. The van der Waals surface area contributed by atoms with Crippen LogP contribution in [0.25, 0.3) is 0 Å². The van der Waals surface area contributed by atoms with Gasteiger partial charge in [0, 0.05) is 44.4 Å². The Labute approximate surface area is 509 Å². The van der Waals surface area contributed by atoms with E-state index in [1.165, 1.54) is 34.3 Å². The van der Waals surface area contributed by atoms with Crippen LogP contribution in [0.1, 0.15) is 161 Å². The molecule has 1 saturated heterocycles. The van der Waals surface area contributed by atoms with E-state index < -0.39 is 56.9 Å². The van der Waals surface area contributed by atoms with Gasteiger partial charge in [-0.3, -0.25) is 29.4 Å². The average molecular weight is 1210 g/mol. The van der Waals surface area contributed by atoms with Crippen LogP contribution in [0.3, 0.4) is 0 Å². The maximum atomic E-state index is 16.7. The van der Waals surface area contributed by atoms with Crippen molar-refractivity contribution in [1.82, 2.24) is 25.1 Å². The smallest absolute Gasteiger partial charge is 0.257 e. The molecule has 3 saturated carbocycles. The number of aliphatic hydroxyl groups excluding tert-OH is 2. The Morgan fingerprint density at radius 2 is 1.01 bits per heavy atom. The van der Waals surface area contributed by atoms with Crippen LogP contribution >= 0.6 is 23.2 Å². The lowest BCUT2D eigenvalue weighted by Crippen LogP contribution is -2.48. The Hall–Kier alpha value is -6.74. The number of hydrogen-bond donors (Lipinski definition) is 5. The molecule has 0 bridgehead atoms. The van der Waals surface area contributed by atoms with Gasteiger partial charge < -0.3 is 35.2 Å². The van der Waals surface area contributed by atoms with Crippen molar-refractivity contribution in [3.63, 3.8) is 0 Å². The number of amides is 2. The second-order valence-electron chi connectivity index (χ2n) is 24.7. The van der Waals surface area contributed by atoms with Crippen molar-refractivity contribution in [2.24, 2.45) is 22.7 Å². The van der Waals surface area contributed by atoms with Gasteiger partial charge >= 0.3 is 0 Å². The lowest BCUT2D eigenvalue weighted by molar-refractivity contribution is -0.131. The van der Waals surface area contributed by atoms with Crippen LogP contribution in [0.2, 0.25) is 10.0 Å². The molecule has 12 rings (SSSR count). The van der Waals surface area contributed by atoms with E-state index in [9.17, 15) is 40.5 Å². The minimum atomic E-state index is -1.71. The molecule has 4 atom stereocenters. The van der Waals surface area contributed by atoms with Gasteiger partial charge in [0.25, 0.3) is 11.8 Å². The third-order valence-electron chi connectivity index (χ3n) is 19.1. The summed E-state index contributed by atoms with van der Waals surface area (Å²) in [4.78, 5) is 40.6. The van der Waals surface area contributed by atoms with E-state index >= 15 is 8.78 Å². The molecule has 19 heteroatoms. The second kappa shape index (κ2) is 24.1. The summed E-state index contributed by atoms with van der Waals surface area (Å²) in [5, 5.41) is 66.4. The predicted octanol–water partition coefficient (Wildman–Crippen LogP) is 10.8. The first-order valence-electron chi connectivity index (χ1n) is 29.5. The Morgan fingerprint density at radius 3 is 1.36 bits per heavy atom. The van der Waals surface area contributed by atoms with E-state index in [-0.39, 0.29) is 73.6 Å². The van der Waals surface area contributed by atoms with Crippen LogP contribution < -0.4 is 5.32 Å². The molecule has 4 aromatic carbocycles. The average Bonchev–Trinajstić information content (AvgIpc) is 1.56. The van der Waals surface area contributed by atoms with Gasteiger partial charge in [-0.15, -0.1) is 0 Å². The van der Waals surface area contributed by atoms with Crippen LogP contribution in [0.15, 0.2) is 109 Å². The van der Waals surface area contributed by atoms with Crippen LogP contribution in [0, 0.1) is 57.0 Å². The molecule has 15 nitrogen and oxygen atoms in total. The van der Waals surface area contributed by atoms with E-state index in [1.54, 1.807) is 98.8 Å². The topological polar surface area (TPSA) is 225 Å². The number of hydrogen-bond acceptors (Lipinski definition) is 13. The SMILES string of the molecule is CC(O)(c1cc(F)c2c(c1)C(=O)N(Cc1ccc(C#N)cn1)[C@@]2(OCC1(CO)CC1)c1ccc(Cl)cc1)C1CCCCC1.CC(O)(c1cc(F)c2c(c1)C(=O)N(Cc1ccc(C#N)cn1)[C@@]2(OCC1(CO)CC1)c1ccc(Cl)cc1)C1CCNCC1. The lowest BCUT2D eigenvalue weighted by atomic mass is 9.74. The van der Waals surface area contributed by atoms with Crippen molar-refractivity contribution in [2.75, 3.05) is 39.5 Å². The number of benzene rings is 4. The highest BCUT2D eigenvalue weighted by molar-refractivity contribution is 6.30. The fourth-order valence-electron chi connectivity index (χ4n) is 13.0. The molecule has 0 radical (unpaired) electrons. The minimum absolute atomic E-state index is 0.0399. The molecule has 3 aliphatic carbocycles. The zero-order chi connectivity index (χ0) is 60.8. The van der Waals surface area contributed by atoms with E-state index in [4.69, 9.17) is 32.7 Å². The predicted molar refractivity (Wildman–Crippen MR) is 316 cm³/mol. The molecule has 2 amide bonds. The fourth-order valence-corrected chi connectivity index (χ4v) is 13.3. The minimum Gasteiger partial charge on any atom is -0.396 e. The van der Waals surface area contributed by atoms with E-state index in [0.717, 1.165) is 83.7 Å². The molecule has 2 aromatic heterocycles. The van der Waals surface area contributed by atoms with Crippen LogP contribution in [0.4, 0.5) is 8.78 Å². The van der Waals surface area contributed by atoms with Crippen molar-refractivity contribution in [1.29, 1.82) is 10.5 Å². The molecule has 6 aromatic rings. The Bertz CT molecular complexity index is 3360. The number of pyridine rings is 2. The monoisotopic (exact) mass is 1210 g/mol. The fraction of sp³-hybridized carbons (Fsp3) is 0.433. The molecule has 3 aliphatic heterocycles. The van der Waals surface area contributed by atoms with E-state index in [0.29, 0.717) is 54.8 Å². The van der Waals surface area contributed by atoms with Gasteiger partial charge in [-0.05, 0) is 174 Å². The number of halogens is 4. The summed E-state index contributed by atoms with van der Waals surface area (Å²) in [5.74, 6) is -2.44. The first-order valence-corrected chi connectivity index (χ1v) is 30.2. The largest absolute Gasteiger partial charge is 0.396 e. The van der Waals surface area contributed by atoms with Crippen molar-refractivity contribution < 1.29 is 48.3 Å². The third kappa shape index (κ3) is 11.3. The van der Waals surface area contributed by atoms with E-state index in [2.05, 4.69) is 15.3 Å². The lowest BCUT2D eigenvalue weighted by Gasteiger charge is -2.40. The van der Waals surface area contributed by atoms with Gasteiger partial charge in [0.1, 0.15) is 23.8 Å². The molecule has 6 aliphatic rings. The van der Waals surface area contributed by atoms with Gasteiger partial charge in [0.2, 0.25) is 0 Å². The molecule has 448 valence electrons. The van der Waals surface area contributed by atoms with Crippen LogP contribution in [-0.4, -0.2) is 91.5 Å². The number of nitrogens with one attached hydrogen (secondary N) is 1. The number of piperidine rings is 1. The Kier molecular flexibility index (Phi) is 17.1. The molecule has 0 spiro atoms. The van der Waals surface area contributed by atoms with Crippen molar-refractivity contribution in [3.8, 4) is 12.1 Å². The Morgan fingerprint density at radius 1 is 0.616 bits per heavy atom. The number of nitrogens with zero attached hydrogens (tertiary/aromatic N) is 6. The highest BCUT2D eigenvalue weighted by Crippen LogP contribution is 2.55. The molecule has 86 heavy (non-hydrogen) atoms. The normalized spacial score (nSPS) is 22.6. The highest BCUT2D eigenvalue weighted by atomic mass is 35.5. The van der Waals surface area contributed by atoms with Crippen molar-refractivity contribution in [3.05, 3.63) is 198 Å². The van der Waals surface area contributed by atoms with Crippen molar-refractivity contribution in [2.45, 2.75) is 120 Å². The highest BCUT2D eigenvalue weighted by Gasteiger charge is 2.59.